The molecule has 0 radical (unpaired) electrons. The zero-order valence-corrected chi connectivity index (χ0v) is 14.4. The lowest BCUT2D eigenvalue weighted by Crippen LogP contribution is -2.54. The summed E-state index contributed by atoms with van der Waals surface area (Å²) in [5.41, 5.74) is 2.77. The summed E-state index contributed by atoms with van der Waals surface area (Å²) in [5, 5.41) is 7.71. The molecule has 4 heterocycles. The molecular weight excluding hydrogens is 317 g/mol. The van der Waals surface area contributed by atoms with Gasteiger partial charge in [0.05, 0.1) is 5.56 Å². The molecule has 2 fully saturated rings. The summed E-state index contributed by atoms with van der Waals surface area (Å²) in [6, 6.07) is 6.12. The Morgan fingerprint density at radius 2 is 2.00 bits per heavy atom. The van der Waals surface area contributed by atoms with Crippen molar-refractivity contribution in [2.24, 2.45) is 0 Å². The van der Waals surface area contributed by atoms with Crippen LogP contribution in [0.4, 0.5) is 4.39 Å². The Bertz CT molecular complexity index is 831. The first kappa shape index (κ1) is 15.4. The number of hydrogen-bond acceptors (Lipinski definition) is 2. The van der Waals surface area contributed by atoms with Gasteiger partial charge in [0, 0.05) is 41.3 Å². The third-order valence-corrected chi connectivity index (χ3v) is 6.21. The fourth-order valence-electron chi connectivity index (χ4n) is 5.19. The Morgan fingerprint density at radius 1 is 1.20 bits per heavy atom. The number of hydrogen-bond donors (Lipinski definition) is 2. The summed E-state index contributed by atoms with van der Waals surface area (Å²) in [7, 11) is 0. The topological polar surface area (TPSA) is 46.1 Å². The molecule has 132 valence electrons. The van der Waals surface area contributed by atoms with Crippen molar-refractivity contribution in [1.82, 2.24) is 15.2 Å². The Kier molecular flexibility index (Phi) is 3.59. The summed E-state index contributed by atoms with van der Waals surface area (Å²) < 4.78 is 16.0. The number of nitrogens with zero attached hydrogens (tertiary/aromatic N) is 1. The Morgan fingerprint density at radius 3 is 2.80 bits per heavy atom. The molecule has 1 aromatic heterocycles. The van der Waals surface area contributed by atoms with Crippen LogP contribution >= 0.6 is 0 Å². The molecule has 2 saturated heterocycles. The smallest absolute Gasteiger partial charge is 0.253 e. The maximum absolute atomic E-state index is 13.8. The molecular formula is C20H24FN3O. The van der Waals surface area contributed by atoms with Crippen molar-refractivity contribution in [2.75, 3.05) is 0 Å². The highest BCUT2D eigenvalue weighted by atomic mass is 19.1. The number of carbonyl (C=O) groups is 1. The van der Waals surface area contributed by atoms with Crippen LogP contribution < -0.4 is 10.6 Å². The SMILES string of the molecule is O=C(NC1CC2CCCC(C1)N2)c1c2n(c3ccc(F)cc13)CCC2. The van der Waals surface area contributed by atoms with Gasteiger partial charge in [0.25, 0.3) is 5.91 Å². The number of halogens is 1. The van der Waals surface area contributed by atoms with E-state index in [1.165, 1.54) is 31.4 Å². The van der Waals surface area contributed by atoms with Crippen LogP contribution in [-0.4, -0.2) is 28.6 Å². The van der Waals surface area contributed by atoms with Crippen molar-refractivity contribution >= 4 is 16.8 Å². The van der Waals surface area contributed by atoms with Gasteiger partial charge in [-0.25, -0.2) is 4.39 Å². The van der Waals surface area contributed by atoms with E-state index in [9.17, 15) is 9.18 Å². The molecule has 3 aliphatic heterocycles. The first-order valence-electron chi connectivity index (χ1n) is 9.56. The lowest BCUT2D eigenvalue weighted by atomic mass is 9.84. The minimum atomic E-state index is -0.276. The van der Waals surface area contributed by atoms with Gasteiger partial charge in [0.1, 0.15) is 5.82 Å². The number of rotatable bonds is 2. The van der Waals surface area contributed by atoms with E-state index in [2.05, 4.69) is 15.2 Å². The molecule has 0 aliphatic carbocycles. The largest absolute Gasteiger partial charge is 0.349 e. The number of amides is 1. The first-order valence-corrected chi connectivity index (χ1v) is 9.56. The second kappa shape index (κ2) is 5.84. The number of fused-ring (bicyclic) bond motifs is 5. The van der Waals surface area contributed by atoms with E-state index < -0.39 is 0 Å². The molecule has 2 N–H and O–H groups in total. The predicted molar refractivity (Wildman–Crippen MR) is 95.3 cm³/mol. The second-order valence-corrected chi connectivity index (χ2v) is 7.87. The molecule has 25 heavy (non-hydrogen) atoms. The third-order valence-electron chi connectivity index (χ3n) is 6.21. The highest BCUT2D eigenvalue weighted by Crippen LogP contribution is 2.33. The molecule has 5 heteroatoms. The van der Waals surface area contributed by atoms with Gasteiger partial charge in [-0.05, 0) is 56.7 Å². The van der Waals surface area contributed by atoms with E-state index in [1.807, 2.05) is 6.07 Å². The van der Waals surface area contributed by atoms with Crippen molar-refractivity contribution in [3.63, 3.8) is 0 Å². The highest BCUT2D eigenvalue weighted by Gasteiger charge is 2.33. The average molecular weight is 341 g/mol. The van der Waals surface area contributed by atoms with E-state index in [4.69, 9.17) is 0 Å². The summed E-state index contributed by atoms with van der Waals surface area (Å²) in [4.78, 5) is 13.1. The van der Waals surface area contributed by atoms with E-state index >= 15 is 0 Å². The number of benzene rings is 1. The predicted octanol–water partition coefficient (Wildman–Crippen LogP) is 3.13. The number of carbonyl (C=O) groups excluding carboxylic acids is 1. The fourth-order valence-corrected chi connectivity index (χ4v) is 5.19. The standard InChI is InChI=1S/C20H24FN3O/c21-12-6-7-17-16(9-12)19(18-5-2-8-24(17)18)20(25)23-15-10-13-3-1-4-14(11-15)22-13/h6-7,9,13-15,22H,1-5,8,10-11H2,(H,23,25). The van der Waals surface area contributed by atoms with E-state index in [0.29, 0.717) is 17.6 Å². The van der Waals surface area contributed by atoms with Gasteiger partial charge >= 0.3 is 0 Å². The summed E-state index contributed by atoms with van der Waals surface area (Å²) in [6.45, 7) is 0.919. The number of aromatic nitrogens is 1. The van der Waals surface area contributed by atoms with Crippen molar-refractivity contribution in [3.05, 3.63) is 35.3 Å². The molecule has 2 unspecified atom stereocenters. The van der Waals surface area contributed by atoms with E-state index in [1.54, 1.807) is 0 Å². The zero-order valence-electron chi connectivity index (χ0n) is 14.4. The zero-order chi connectivity index (χ0) is 17.0. The molecule has 3 aliphatic rings. The molecule has 1 amide bonds. The van der Waals surface area contributed by atoms with Gasteiger partial charge in [0.2, 0.25) is 0 Å². The quantitative estimate of drug-likeness (QED) is 0.882. The van der Waals surface area contributed by atoms with Crippen LogP contribution in [-0.2, 0) is 13.0 Å². The van der Waals surface area contributed by atoms with Crippen LogP contribution in [0.25, 0.3) is 10.9 Å². The van der Waals surface area contributed by atoms with Gasteiger partial charge in [-0.2, -0.15) is 0 Å². The van der Waals surface area contributed by atoms with Gasteiger partial charge in [-0.1, -0.05) is 6.42 Å². The van der Waals surface area contributed by atoms with Crippen LogP contribution in [0, 0.1) is 5.82 Å². The molecule has 0 saturated carbocycles. The molecule has 1 aromatic carbocycles. The molecule has 4 nitrogen and oxygen atoms in total. The van der Waals surface area contributed by atoms with Crippen molar-refractivity contribution in [1.29, 1.82) is 0 Å². The summed E-state index contributed by atoms with van der Waals surface area (Å²) >= 11 is 0. The normalized spacial score (nSPS) is 28.1. The van der Waals surface area contributed by atoms with Crippen LogP contribution in [0.1, 0.15) is 54.6 Å². The lowest BCUT2D eigenvalue weighted by molar-refractivity contribution is 0.0908. The fraction of sp³-hybridized carbons (Fsp3) is 0.550. The Balaban J connectivity index is 1.46. The van der Waals surface area contributed by atoms with Crippen LogP contribution in [0.2, 0.25) is 0 Å². The van der Waals surface area contributed by atoms with Crippen LogP contribution in [0.5, 0.6) is 0 Å². The van der Waals surface area contributed by atoms with Gasteiger partial charge in [-0.3, -0.25) is 4.79 Å². The summed E-state index contributed by atoms with van der Waals surface area (Å²) in [5.74, 6) is -0.293. The van der Waals surface area contributed by atoms with Crippen LogP contribution in [0.15, 0.2) is 18.2 Å². The molecule has 2 atom stereocenters. The van der Waals surface area contributed by atoms with E-state index in [0.717, 1.165) is 48.8 Å². The lowest BCUT2D eigenvalue weighted by Gasteiger charge is -2.40. The average Bonchev–Trinajstić information content (AvgIpc) is 3.14. The van der Waals surface area contributed by atoms with Crippen molar-refractivity contribution in [2.45, 2.75) is 69.6 Å². The minimum Gasteiger partial charge on any atom is -0.349 e. The third kappa shape index (κ3) is 2.56. The van der Waals surface area contributed by atoms with Crippen LogP contribution in [0.3, 0.4) is 0 Å². The number of aryl methyl sites for hydroxylation is 1. The second-order valence-electron chi connectivity index (χ2n) is 7.87. The Labute approximate surface area is 146 Å². The highest BCUT2D eigenvalue weighted by molar-refractivity contribution is 6.08. The van der Waals surface area contributed by atoms with Gasteiger partial charge in [0.15, 0.2) is 0 Å². The Hall–Kier alpha value is -1.88. The van der Waals surface area contributed by atoms with Crippen molar-refractivity contribution in [3.8, 4) is 0 Å². The number of piperidine rings is 2. The molecule has 2 bridgehead atoms. The molecule has 2 aromatic rings. The maximum Gasteiger partial charge on any atom is 0.253 e. The molecule has 0 spiro atoms. The number of nitrogens with one attached hydrogen (secondary N) is 2. The molecule has 5 rings (SSSR count). The van der Waals surface area contributed by atoms with E-state index in [-0.39, 0.29) is 17.8 Å². The minimum absolute atomic E-state index is 0.0174. The van der Waals surface area contributed by atoms with Gasteiger partial charge < -0.3 is 15.2 Å². The first-order chi connectivity index (χ1) is 12.2. The maximum atomic E-state index is 13.8. The monoisotopic (exact) mass is 341 g/mol. The van der Waals surface area contributed by atoms with Crippen molar-refractivity contribution < 1.29 is 9.18 Å². The summed E-state index contributed by atoms with van der Waals surface area (Å²) in [6.07, 6.45) is 7.67. The van der Waals surface area contributed by atoms with Gasteiger partial charge in [-0.15, -0.1) is 0 Å².